The third-order valence-electron chi connectivity index (χ3n) is 9.66. The van der Waals surface area contributed by atoms with Crippen LogP contribution in [0.3, 0.4) is 0 Å². The van der Waals surface area contributed by atoms with Gasteiger partial charge >= 0.3 is 0 Å². The molecule has 37 heavy (non-hydrogen) atoms. The van der Waals surface area contributed by atoms with E-state index < -0.39 is 0 Å². The van der Waals surface area contributed by atoms with Gasteiger partial charge < -0.3 is 0 Å². The van der Waals surface area contributed by atoms with E-state index in [0.29, 0.717) is 0 Å². The second kappa shape index (κ2) is 5.36. The molecule has 0 radical (unpaired) electrons. The first kappa shape index (κ1) is 17.7. The second-order valence-electron chi connectivity index (χ2n) is 11.3. The summed E-state index contributed by atoms with van der Waals surface area (Å²) in [5, 5.41) is 28.2. The van der Waals surface area contributed by atoms with Crippen LogP contribution in [0.1, 0.15) is 5.56 Å². The van der Waals surface area contributed by atoms with Crippen LogP contribution in [0.2, 0.25) is 0 Å². The smallest absolute Gasteiger partial charge is 0.0000701 e. The molecule has 11 aromatic carbocycles. The molecule has 0 N–H and O–H groups in total. The van der Waals surface area contributed by atoms with Crippen LogP contribution in [0.15, 0.2) is 91.0 Å². The number of hydrogen-bond donors (Lipinski definition) is 0. The van der Waals surface area contributed by atoms with Crippen molar-refractivity contribution in [3.05, 3.63) is 96.6 Å². The van der Waals surface area contributed by atoms with Crippen molar-refractivity contribution in [1.29, 1.82) is 0 Å². The highest BCUT2D eigenvalue weighted by Crippen LogP contribution is 2.56. The van der Waals surface area contributed by atoms with Crippen molar-refractivity contribution in [2.75, 3.05) is 0 Å². The van der Waals surface area contributed by atoms with Gasteiger partial charge in [-0.1, -0.05) is 78.9 Å². The number of rotatable bonds is 0. The lowest BCUT2D eigenvalue weighted by Crippen LogP contribution is -1.98. The van der Waals surface area contributed by atoms with Crippen molar-refractivity contribution in [2.24, 2.45) is 0 Å². The molecule has 0 fully saturated rings. The molecule has 166 valence electrons. The monoisotopic (exact) mass is 462 g/mol. The van der Waals surface area contributed by atoms with Crippen molar-refractivity contribution in [3.8, 4) is 0 Å². The number of aryl methyl sites for hydroxylation is 1. The number of fused-ring (bicyclic) bond motifs is 3. The summed E-state index contributed by atoms with van der Waals surface area (Å²) in [6, 6.07) is 35.2. The van der Waals surface area contributed by atoms with E-state index in [-0.39, 0.29) is 0 Å². The molecule has 0 atom stereocenters. The summed E-state index contributed by atoms with van der Waals surface area (Å²) in [5.74, 6) is 0. The minimum Gasteiger partial charge on any atom is -0.0616 e. The van der Waals surface area contributed by atoms with E-state index in [0.717, 1.165) is 0 Å². The van der Waals surface area contributed by atoms with Crippen LogP contribution in [-0.2, 0) is 0 Å². The molecule has 0 aromatic heterocycles. The molecule has 0 unspecified atom stereocenters. The van der Waals surface area contributed by atoms with Crippen molar-refractivity contribution in [2.45, 2.75) is 6.92 Å². The number of hydrogen-bond acceptors (Lipinski definition) is 0. The van der Waals surface area contributed by atoms with Gasteiger partial charge in [0.15, 0.2) is 0 Å². The molecule has 0 aliphatic carbocycles. The minimum atomic E-state index is 1.35. The Hall–Kier alpha value is -4.68. The maximum absolute atomic E-state index is 2.49. The highest BCUT2D eigenvalue weighted by molar-refractivity contribution is 6.55. The van der Waals surface area contributed by atoms with Crippen molar-refractivity contribution in [3.63, 3.8) is 0 Å². The minimum absolute atomic E-state index is 1.35. The lowest BCUT2D eigenvalue weighted by molar-refractivity contribution is 1.57. The summed E-state index contributed by atoms with van der Waals surface area (Å²) < 4.78 is 0. The summed E-state index contributed by atoms with van der Waals surface area (Å²) in [4.78, 5) is 0. The Morgan fingerprint density at radius 3 is 1.57 bits per heavy atom. The summed E-state index contributed by atoms with van der Waals surface area (Å²) >= 11 is 0. The first-order valence-electron chi connectivity index (χ1n) is 13.2. The zero-order chi connectivity index (χ0) is 23.7. The molecule has 0 saturated carbocycles. The zero-order valence-electron chi connectivity index (χ0n) is 20.2. The molecular formula is C37H18. The average Bonchev–Trinajstić information content (AvgIpc) is 2.94. The third-order valence-corrected chi connectivity index (χ3v) is 9.66. The maximum atomic E-state index is 2.49. The molecule has 0 spiro atoms. The van der Waals surface area contributed by atoms with Crippen LogP contribution < -0.4 is 0 Å². The van der Waals surface area contributed by atoms with Crippen LogP contribution in [0.25, 0.3) is 108 Å². The largest absolute Gasteiger partial charge is 0.0616 e. The van der Waals surface area contributed by atoms with Crippen LogP contribution in [0.4, 0.5) is 0 Å². The molecule has 11 rings (SSSR count). The fraction of sp³-hybridized carbons (Fsp3) is 0.0270. The lowest BCUT2D eigenvalue weighted by Gasteiger charge is -2.26. The quantitative estimate of drug-likeness (QED) is 0.155. The van der Waals surface area contributed by atoms with Crippen LogP contribution >= 0.6 is 0 Å². The molecular weight excluding hydrogens is 444 g/mol. The van der Waals surface area contributed by atoms with Crippen LogP contribution in [0.5, 0.6) is 0 Å². The van der Waals surface area contributed by atoms with Crippen molar-refractivity contribution in [1.82, 2.24) is 0 Å². The van der Waals surface area contributed by atoms with E-state index in [1.165, 1.54) is 113 Å². The highest BCUT2D eigenvalue weighted by Gasteiger charge is 2.27. The van der Waals surface area contributed by atoms with Gasteiger partial charge in [-0.3, -0.25) is 0 Å². The van der Waals surface area contributed by atoms with Gasteiger partial charge in [0, 0.05) is 0 Å². The standard InChI is InChI=1S/C37H18/c1-17-14-19-8-9-21-15-20-7-6-18-10-13-26-24-4-2-3-5-25(24)27-16-22-11-12-23(17)33-29(19)31(21)36-30(20)28(18)34(26)35(27)37(36)32(22)33/h2-16H,1H3. The molecule has 0 heteroatoms. The summed E-state index contributed by atoms with van der Waals surface area (Å²) in [5.41, 5.74) is 1.36. The topological polar surface area (TPSA) is 0 Å². The van der Waals surface area contributed by atoms with E-state index in [9.17, 15) is 0 Å². The number of benzene rings is 11. The molecule has 0 amide bonds. The van der Waals surface area contributed by atoms with E-state index in [1.54, 1.807) is 0 Å². The summed E-state index contributed by atoms with van der Waals surface area (Å²) in [7, 11) is 0. The Labute approximate surface area is 211 Å². The second-order valence-corrected chi connectivity index (χ2v) is 11.3. The molecule has 0 nitrogen and oxygen atoms in total. The van der Waals surface area contributed by atoms with Gasteiger partial charge in [0.25, 0.3) is 0 Å². The Balaban J connectivity index is 1.71. The van der Waals surface area contributed by atoms with Crippen LogP contribution in [-0.4, -0.2) is 0 Å². The van der Waals surface area contributed by atoms with E-state index in [4.69, 9.17) is 0 Å². The zero-order valence-corrected chi connectivity index (χ0v) is 20.2. The first-order valence-corrected chi connectivity index (χ1v) is 13.2. The average molecular weight is 463 g/mol. The van der Waals surface area contributed by atoms with Gasteiger partial charge in [0.05, 0.1) is 0 Å². The molecule has 0 saturated heterocycles. The van der Waals surface area contributed by atoms with Gasteiger partial charge in [-0.15, -0.1) is 0 Å². The van der Waals surface area contributed by atoms with Gasteiger partial charge in [-0.05, 0) is 132 Å². The van der Waals surface area contributed by atoms with E-state index in [1.807, 2.05) is 0 Å². The van der Waals surface area contributed by atoms with Gasteiger partial charge in [-0.2, -0.15) is 0 Å². The van der Waals surface area contributed by atoms with Gasteiger partial charge in [0.2, 0.25) is 0 Å². The van der Waals surface area contributed by atoms with Gasteiger partial charge in [0.1, 0.15) is 0 Å². The molecule has 0 bridgehead atoms. The first-order chi connectivity index (χ1) is 18.3. The summed E-state index contributed by atoms with van der Waals surface area (Å²) in [6.07, 6.45) is 0. The predicted octanol–water partition coefficient (Wildman–Crippen LogP) is 10.7. The van der Waals surface area contributed by atoms with Gasteiger partial charge in [-0.25, -0.2) is 0 Å². The van der Waals surface area contributed by atoms with E-state index >= 15 is 0 Å². The lowest BCUT2D eigenvalue weighted by atomic mass is 9.76. The molecule has 0 aliphatic rings. The molecule has 0 heterocycles. The molecule has 0 aliphatic heterocycles. The predicted molar refractivity (Wildman–Crippen MR) is 162 cm³/mol. The Morgan fingerprint density at radius 1 is 0.297 bits per heavy atom. The maximum Gasteiger partial charge on any atom is -0.0000701 e. The normalized spacial score (nSPS) is 13.5. The Morgan fingerprint density at radius 2 is 0.757 bits per heavy atom. The SMILES string of the molecule is Cc1cc2ccc3cc4ccc5ccc6c7ccccc7c7cc8ccc1c1c2c3c2c4c5c6c7c2c81. The van der Waals surface area contributed by atoms with E-state index in [2.05, 4.69) is 97.9 Å². The molecule has 11 aromatic rings. The fourth-order valence-electron chi connectivity index (χ4n) is 8.33. The highest BCUT2D eigenvalue weighted by atomic mass is 14.3. The fourth-order valence-corrected chi connectivity index (χ4v) is 8.33. The van der Waals surface area contributed by atoms with Crippen LogP contribution in [0, 0.1) is 6.92 Å². The Kier molecular flexibility index (Phi) is 2.56. The van der Waals surface area contributed by atoms with Crippen molar-refractivity contribution < 1.29 is 0 Å². The van der Waals surface area contributed by atoms with Crippen molar-refractivity contribution >= 4 is 108 Å². The Bertz CT molecular complexity index is 2720. The summed E-state index contributed by atoms with van der Waals surface area (Å²) in [6.45, 7) is 2.28. The third kappa shape index (κ3) is 1.69.